The number of carbonyl (C=O) groups excluding carboxylic acids is 2. The Hall–Kier alpha value is -2.64. The summed E-state index contributed by atoms with van der Waals surface area (Å²) in [5.74, 6) is 0.0466. The van der Waals surface area contributed by atoms with Gasteiger partial charge in [-0.15, -0.1) is 0 Å². The maximum Gasteiger partial charge on any atom is 0.309 e. The van der Waals surface area contributed by atoms with Gasteiger partial charge in [-0.3, -0.25) is 23.9 Å². The Kier molecular flexibility index (Phi) is 6.86. The Labute approximate surface area is 190 Å². The number of nitriles is 1. The third-order valence-corrected chi connectivity index (χ3v) is 7.13. The quantitative estimate of drug-likeness (QED) is 0.383. The molecule has 2 saturated heterocycles. The summed E-state index contributed by atoms with van der Waals surface area (Å²) in [7, 11) is 3.24. The van der Waals surface area contributed by atoms with Gasteiger partial charge >= 0.3 is 5.97 Å². The van der Waals surface area contributed by atoms with Crippen molar-refractivity contribution in [2.45, 2.75) is 26.7 Å². The topological polar surface area (TPSA) is 95.6 Å². The monoisotopic (exact) mass is 460 g/mol. The van der Waals surface area contributed by atoms with Crippen LogP contribution in [0.15, 0.2) is 9.70 Å². The summed E-state index contributed by atoms with van der Waals surface area (Å²) in [5.41, 5.74) is 0.824. The first kappa shape index (κ1) is 23.0. The molecule has 0 saturated carbocycles. The maximum atomic E-state index is 12.8. The van der Waals surface area contributed by atoms with Crippen LogP contribution in [0, 0.1) is 24.2 Å². The van der Waals surface area contributed by atoms with Gasteiger partial charge in [0.1, 0.15) is 21.8 Å². The highest BCUT2D eigenvalue weighted by molar-refractivity contribution is 8.26. The van der Waals surface area contributed by atoms with Crippen molar-refractivity contribution in [1.29, 1.82) is 5.26 Å². The highest BCUT2D eigenvalue weighted by Gasteiger charge is 2.32. The van der Waals surface area contributed by atoms with Crippen molar-refractivity contribution in [2.24, 2.45) is 13.0 Å². The number of hydrogen-bond acceptors (Lipinski definition) is 8. The van der Waals surface area contributed by atoms with E-state index in [1.165, 1.54) is 21.2 Å². The third-order valence-electron chi connectivity index (χ3n) is 5.64. The van der Waals surface area contributed by atoms with Gasteiger partial charge in [-0.25, -0.2) is 0 Å². The number of aromatic nitrogens is 1. The number of carbonyl (C=O) groups is 2. The van der Waals surface area contributed by atoms with E-state index in [1.807, 2.05) is 11.0 Å². The van der Waals surface area contributed by atoms with Crippen LogP contribution in [0.3, 0.4) is 0 Å². The molecule has 10 heteroatoms. The molecule has 1 amide bonds. The predicted molar refractivity (Wildman–Crippen MR) is 124 cm³/mol. The molecule has 2 aliphatic rings. The molecule has 0 aromatic carbocycles. The summed E-state index contributed by atoms with van der Waals surface area (Å²) in [5, 5.41) is 9.54. The van der Waals surface area contributed by atoms with E-state index in [9.17, 15) is 19.6 Å². The van der Waals surface area contributed by atoms with E-state index in [0.717, 1.165) is 0 Å². The SMILES string of the molecule is CCOC(=O)C1CCN(c2c(C=C3SC(=S)N(C)C3=O)c(C)c(C#N)c(=O)n2C)CC1. The van der Waals surface area contributed by atoms with E-state index in [1.54, 1.807) is 34.0 Å². The zero-order valence-electron chi connectivity index (χ0n) is 17.9. The number of pyridine rings is 1. The van der Waals surface area contributed by atoms with Gasteiger partial charge < -0.3 is 9.64 Å². The summed E-state index contributed by atoms with van der Waals surface area (Å²) < 4.78 is 7.05. The van der Waals surface area contributed by atoms with Crippen LogP contribution in [0.5, 0.6) is 0 Å². The van der Waals surface area contributed by atoms with Gasteiger partial charge in [-0.2, -0.15) is 5.26 Å². The Morgan fingerprint density at radius 3 is 2.48 bits per heavy atom. The Morgan fingerprint density at radius 2 is 1.97 bits per heavy atom. The summed E-state index contributed by atoms with van der Waals surface area (Å²) in [4.78, 5) is 41.3. The zero-order chi connectivity index (χ0) is 22.9. The molecule has 1 aromatic rings. The molecule has 2 aliphatic heterocycles. The van der Waals surface area contributed by atoms with Crippen LogP contribution in [-0.2, 0) is 21.4 Å². The molecule has 0 radical (unpaired) electrons. The van der Waals surface area contributed by atoms with Crippen LogP contribution in [0.1, 0.15) is 36.5 Å². The number of piperidine rings is 1. The smallest absolute Gasteiger partial charge is 0.309 e. The van der Waals surface area contributed by atoms with Crippen LogP contribution >= 0.6 is 24.0 Å². The van der Waals surface area contributed by atoms with Crippen molar-refractivity contribution in [3.8, 4) is 6.07 Å². The van der Waals surface area contributed by atoms with Gasteiger partial charge in [0.25, 0.3) is 11.5 Å². The average molecular weight is 461 g/mol. The van der Waals surface area contributed by atoms with E-state index < -0.39 is 0 Å². The van der Waals surface area contributed by atoms with E-state index >= 15 is 0 Å². The van der Waals surface area contributed by atoms with Crippen molar-refractivity contribution in [3.05, 3.63) is 31.9 Å². The molecule has 3 rings (SSSR count). The molecular formula is C21H24N4O4S2. The second-order valence-corrected chi connectivity index (χ2v) is 9.14. The van der Waals surface area contributed by atoms with Crippen molar-refractivity contribution in [1.82, 2.24) is 9.47 Å². The summed E-state index contributed by atoms with van der Waals surface area (Å²) in [6.45, 7) is 4.96. The summed E-state index contributed by atoms with van der Waals surface area (Å²) in [6, 6.07) is 1.99. The van der Waals surface area contributed by atoms with Crippen molar-refractivity contribution in [3.63, 3.8) is 0 Å². The third kappa shape index (κ3) is 4.25. The van der Waals surface area contributed by atoms with Gasteiger partial charge in [-0.1, -0.05) is 24.0 Å². The standard InChI is InChI=1S/C21H24N4O4S2/c1-5-29-20(28)13-6-8-25(9-7-13)17-14(10-16-19(27)24(4)21(30)31-16)12(2)15(11-22)18(26)23(17)3/h10,13H,5-9H2,1-4H3. The van der Waals surface area contributed by atoms with E-state index in [0.29, 0.717) is 58.7 Å². The molecule has 0 unspecified atom stereocenters. The van der Waals surface area contributed by atoms with Crippen LogP contribution in [-0.4, -0.2) is 52.4 Å². The molecular weight excluding hydrogens is 436 g/mol. The Morgan fingerprint density at radius 1 is 1.32 bits per heavy atom. The lowest BCUT2D eigenvalue weighted by Crippen LogP contribution is -2.40. The minimum atomic E-state index is -0.386. The highest BCUT2D eigenvalue weighted by Crippen LogP contribution is 2.35. The lowest BCUT2D eigenvalue weighted by molar-refractivity contribution is -0.148. The molecule has 1 aromatic heterocycles. The zero-order valence-corrected chi connectivity index (χ0v) is 19.6. The lowest BCUT2D eigenvalue weighted by atomic mass is 9.95. The number of amides is 1. The molecule has 8 nitrogen and oxygen atoms in total. The largest absolute Gasteiger partial charge is 0.466 e. The van der Waals surface area contributed by atoms with Crippen molar-refractivity contribution < 1.29 is 14.3 Å². The number of likely N-dealkylation sites (N-methyl/N-ethyl adjacent to an activating group) is 1. The van der Waals surface area contributed by atoms with E-state index in [4.69, 9.17) is 17.0 Å². The average Bonchev–Trinajstić information content (AvgIpc) is 2.99. The highest BCUT2D eigenvalue weighted by atomic mass is 32.2. The van der Waals surface area contributed by atoms with Gasteiger partial charge in [0.05, 0.1) is 17.4 Å². The number of anilines is 1. The summed E-state index contributed by atoms with van der Waals surface area (Å²) >= 11 is 6.42. The molecule has 2 fully saturated rings. The molecule has 0 bridgehead atoms. The van der Waals surface area contributed by atoms with Gasteiger partial charge in [0.15, 0.2) is 0 Å². The normalized spacial score (nSPS) is 18.6. The number of rotatable bonds is 4. The van der Waals surface area contributed by atoms with Gasteiger partial charge in [0.2, 0.25) is 0 Å². The van der Waals surface area contributed by atoms with Crippen LogP contribution in [0.25, 0.3) is 6.08 Å². The van der Waals surface area contributed by atoms with Crippen molar-refractivity contribution >= 4 is 52.1 Å². The van der Waals surface area contributed by atoms with Crippen LogP contribution < -0.4 is 10.5 Å². The number of ether oxygens (including phenoxy) is 1. The number of esters is 1. The molecule has 0 N–H and O–H groups in total. The molecule has 0 atom stereocenters. The molecule has 31 heavy (non-hydrogen) atoms. The number of thioether (sulfide) groups is 1. The van der Waals surface area contributed by atoms with Crippen LogP contribution in [0.2, 0.25) is 0 Å². The van der Waals surface area contributed by atoms with Gasteiger partial charge in [-0.05, 0) is 38.3 Å². The lowest BCUT2D eigenvalue weighted by Gasteiger charge is -2.35. The van der Waals surface area contributed by atoms with Crippen molar-refractivity contribution in [2.75, 3.05) is 31.6 Å². The first-order valence-electron chi connectivity index (χ1n) is 9.98. The minimum Gasteiger partial charge on any atom is -0.466 e. The fourth-order valence-electron chi connectivity index (χ4n) is 3.86. The number of nitrogens with zero attached hydrogens (tertiary/aromatic N) is 4. The number of thiocarbonyl (C=S) groups is 1. The molecule has 0 spiro atoms. The first-order chi connectivity index (χ1) is 14.7. The number of hydrogen-bond donors (Lipinski definition) is 0. The van der Waals surface area contributed by atoms with E-state index in [-0.39, 0.29) is 28.9 Å². The fourth-order valence-corrected chi connectivity index (χ4v) is 5.02. The maximum absolute atomic E-state index is 12.8. The Balaban J connectivity index is 2.06. The van der Waals surface area contributed by atoms with E-state index in [2.05, 4.69) is 0 Å². The predicted octanol–water partition coefficient (Wildman–Crippen LogP) is 2.18. The second kappa shape index (κ2) is 9.24. The first-order valence-corrected chi connectivity index (χ1v) is 11.2. The molecule has 0 aliphatic carbocycles. The summed E-state index contributed by atoms with van der Waals surface area (Å²) in [6.07, 6.45) is 2.91. The van der Waals surface area contributed by atoms with Crippen LogP contribution in [0.4, 0.5) is 5.82 Å². The molecule has 164 valence electrons. The Bertz CT molecular complexity index is 1080. The van der Waals surface area contributed by atoms with Gasteiger partial charge in [0, 0.05) is 32.7 Å². The molecule has 3 heterocycles. The fraction of sp³-hybridized carbons (Fsp3) is 0.476. The minimum absolute atomic E-state index is 0.0471. The second-order valence-electron chi connectivity index (χ2n) is 7.47.